The van der Waals surface area contributed by atoms with E-state index < -0.39 is 0 Å². The summed E-state index contributed by atoms with van der Waals surface area (Å²) in [6.07, 6.45) is 7.47. The third-order valence-electron chi connectivity index (χ3n) is 3.82. The standard InChI is InChI=1S/C13H20N6/c1-10-16-17-13-12(15-6-8-18(10)13)19-7-4-3-5-11(19)9-14-2/h6,8,11,14H,3-5,7,9H2,1-2H3. The second kappa shape index (κ2) is 5.13. The number of hydrogen-bond acceptors (Lipinski definition) is 5. The van der Waals surface area contributed by atoms with Gasteiger partial charge in [-0.2, -0.15) is 0 Å². The summed E-state index contributed by atoms with van der Waals surface area (Å²) in [4.78, 5) is 6.93. The molecule has 6 nitrogen and oxygen atoms in total. The van der Waals surface area contributed by atoms with Crippen LogP contribution in [0.2, 0.25) is 0 Å². The van der Waals surface area contributed by atoms with Gasteiger partial charge in [-0.1, -0.05) is 0 Å². The molecule has 0 spiro atoms. The number of piperidine rings is 1. The first-order valence-corrected chi connectivity index (χ1v) is 6.89. The van der Waals surface area contributed by atoms with Gasteiger partial charge in [0.1, 0.15) is 5.82 Å². The quantitative estimate of drug-likeness (QED) is 0.892. The highest BCUT2D eigenvalue weighted by Crippen LogP contribution is 2.25. The Morgan fingerprint density at radius 2 is 2.26 bits per heavy atom. The van der Waals surface area contributed by atoms with E-state index in [-0.39, 0.29) is 0 Å². The maximum Gasteiger partial charge on any atom is 0.203 e. The number of hydrogen-bond donors (Lipinski definition) is 1. The fourth-order valence-electron chi connectivity index (χ4n) is 2.86. The summed E-state index contributed by atoms with van der Waals surface area (Å²) in [7, 11) is 2.00. The molecule has 3 heterocycles. The van der Waals surface area contributed by atoms with Gasteiger partial charge in [-0.25, -0.2) is 4.98 Å². The number of aromatic nitrogens is 4. The highest BCUT2D eigenvalue weighted by Gasteiger charge is 2.25. The molecule has 0 bridgehead atoms. The van der Waals surface area contributed by atoms with E-state index in [1.807, 2.05) is 30.8 Å². The maximum atomic E-state index is 4.55. The summed E-state index contributed by atoms with van der Waals surface area (Å²) >= 11 is 0. The third kappa shape index (κ3) is 2.16. The molecule has 0 amide bonds. The Labute approximate surface area is 112 Å². The number of anilines is 1. The van der Waals surface area contributed by atoms with E-state index in [9.17, 15) is 0 Å². The van der Waals surface area contributed by atoms with Crippen molar-refractivity contribution < 1.29 is 0 Å². The van der Waals surface area contributed by atoms with E-state index in [0.717, 1.165) is 30.4 Å². The van der Waals surface area contributed by atoms with Gasteiger partial charge in [0.2, 0.25) is 5.65 Å². The van der Waals surface area contributed by atoms with Crippen LogP contribution >= 0.6 is 0 Å². The second-order valence-electron chi connectivity index (χ2n) is 5.09. The largest absolute Gasteiger partial charge is 0.349 e. The van der Waals surface area contributed by atoms with Crippen molar-refractivity contribution in [3.63, 3.8) is 0 Å². The van der Waals surface area contributed by atoms with Crippen LogP contribution < -0.4 is 10.2 Å². The van der Waals surface area contributed by atoms with E-state index in [0.29, 0.717) is 6.04 Å². The van der Waals surface area contributed by atoms with Gasteiger partial charge in [0.05, 0.1) is 0 Å². The molecule has 1 atom stereocenters. The Morgan fingerprint density at radius 1 is 1.37 bits per heavy atom. The van der Waals surface area contributed by atoms with Crippen molar-refractivity contribution in [1.82, 2.24) is 24.9 Å². The molecular formula is C13H20N6. The Bertz CT molecular complexity index is 561. The minimum absolute atomic E-state index is 0.495. The first-order chi connectivity index (χ1) is 9.31. The minimum Gasteiger partial charge on any atom is -0.349 e. The molecule has 1 N–H and O–H groups in total. The van der Waals surface area contributed by atoms with Gasteiger partial charge < -0.3 is 10.2 Å². The molecule has 1 saturated heterocycles. The SMILES string of the molecule is CNCC1CCCCN1c1nccn2c(C)nnc12. The van der Waals surface area contributed by atoms with Crippen molar-refractivity contribution in [1.29, 1.82) is 0 Å². The predicted octanol–water partition coefficient (Wildman–Crippen LogP) is 1.01. The molecular weight excluding hydrogens is 240 g/mol. The Balaban J connectivity index is 2.01. The van der Waals surface area contributed by atoms with Gasteiger partial charge in [-0.15, -0.1) is 10.2 Å². The lowest BCUT2D eigenvalue weighted by atomic mass is 10.0. The monoisotopic (exact) mass is 260 g/mol. The molecule has 2 aromatic rings. The van der Waals surface area contributed by atoms with Crippen LogP contribution in [0.1, 0.15) is 25.1 Å². The lowest BCUT2D eigenvalue weighted by Crippen LogP contribution is -2.45. The first-order valence-electron chi connectivity index (χ1n) is 6.89. The highest BCUT2D eigenvalue weighted by atomic mass is 15.3. The number of rotatable bonds is 3. The Morgan fingerprint density at radius 3 is 3.11 bits per heavy atom. The average molecular weight is 260 g/mol. The van der Waals surface area contributed by atoms with Crippen LogP contribution in [0.4, 0.5) is 5.82 Å². The number of fused-ring (bicyclic) bond motifs is 1. The summed E-state index contributed by atoms with van der Waals surface area (Å²) in [5.41, 5.74) is 0.864. The van der Waals surface area contributed by atoms with Gasteiger partial charge in [-0.05, 0) is 33.2 Å². The topological polar surface area (TPSA) is 58.4 Å². The number of nitrogens with one attached hydrogen (secondary N) is 1. The van der Waals surface area contributed by atoms with Gasteiger partial charge in [0.25, 0.3) is 0 Å². The molecule has 1 unspecified atom stereocenters. The maximum absolute atomic E-state index is 4.55. The summed E-state index contributed by atoms with van der Waals surface area (Å²) in [5.74, 6) is 1.86. The van der Waals surface area contributed by atoms with Crippen LogP contribution in [0.3, 0.4) is 0 Å². The molecule has 6 heteroatoms. The van der Waals surface area contributed by atoms with E-state index >= 15 is 0 Å². The highest BCUT2D eigenvalue weighted by molar-refractivity contribution is 5.64. The lowest BCUT2D eigenvalue weighted by molar-refractivity contribution is 0.444. The summed E-state index contributed by atoms with van der Waals surface area (Å²) in [6.45, 7) is 3.99. The molecule has 3 rings (SSSR count). The zero-order chi connectivity index (χ0) is 13.2. The third-order valence-corrected chi connectivity index (χ3v) is 3.82. The van der Waals surface area contributed by atoms with Crippen LogP contribution in [0.25, 0.3) is 5.65 Å². The molecule has 0 radical (unpaired) electrons. The molecule has 0 aromatic carbocycles. The van der Waals surface area contributed by atoms with Gasteiger partial charge in [0.15, 0.2) is 5.82 Å². The van der Waals surface area contributed by atoms with Gasteiger partial charge in [-0.3, -0.25) is 4.40 Å². The zero-order valence-electron chi connectivity index (χ0n) is 11.5. The minimum atomic E-state index is 0.495. The normalized spacial score (nSPS) is 20.1. The molecule has 1 aliphatic heterocycles. The van der Waals surface area contributed by atoms with Crippen LogP contribution in [-0.2, 0) is 0 Å². The molecule has 0 aliphatic carbocycles. The van der Waals surface area contributed by atoms with Crippen LogP contribution in [0.15, 0.2) is 12.4 Å². The molecule has 1 aliphatic rings. The van der Waals surface area contributed by atoms with Crippen LogP contribution in [0, 0.1) is 6.92 Å². The van der Waals surface area contributed by atoms with Crippen LogP contribution in [0.5, 0.6) is 0 Å². The van der Waals surface area contributed by atoms with E-state index in [1.165, 1.54) is 19.3 Å². The fourth-order valence-corrected chi connectivity index (χ4v) is 2.86. The summed E-state index contributed by atoms with van der Waals surface area (Å²) in [6, 6.07) is 0.495. The van der Waals surface area contributed by atoms with Crippen molar-refractivity contribution >= 4 is 11.5 Å². The Hall–Kier alpha value is -1.69. The smallest absolute Gasteiger partial charge is 0.203 e. The molecule has 102 valence electrons. The number of aryl methyl sites for hydroxylation is 1. The van der Waals surface area contributed by atoms with Crippen molar-refractivity contribution in [3.8, 4) is 0 Å². The predicted molar refractivity (Wildman–Crippen MR) is 74.4 cm³/mol. The zero-order valence-corrected chi connectivity index (χ0v) is 11.5. The first kappa shape index (κ1) is 12.3. The molecule has 0 saturated carbocycles. The summed E-state index contributed by atoms with van der Waals surface area (Å²) in [5, 5.41) is 11.7. The molecule has 2 aromatic heterocycles. The van der Waals surface area contributed by atoms with Crippen molar-refractivity contribution in [2.24, 2.45) is 0 Å². The molecule has 19 heavy (non-hydrogen) atoms. The Kier molecular flexibility index (Phi) is 3.33. The molecule has 1 fully saturated rings. The fraction of sp³-hybridized carbons (Fsp3) is 0.615. The van der Waals surface area contributed by atoms with Gasteiger partial charge >= 0.3 is 0 Å². The average Bonchev–Trinajstić information content (AvgIpc) is 2.82. The number of nitrogens with zero attached hydrogens (tertiary/aromatic N) is 5. The van der Waals surface area contributed by atoms with Crippen molar-refractivity contribution in [2.45, 2.75) is 32.2 Å². The van der Waals surface area contributed by atoms with E-state index in [1.54, 1.807) is 0 Å². The van der Waals surface area contributed by atoms with Crippen molar-refractivity contribution in [3.05, 3.63) is 18.2 Å². The lowest BCUT2D eigenvalue weighted by Gasteiger charge is -2.36. The second-order valence-corrected chi connectivity index (χ2v) is 5.09. The van der Waals surface area contributed by atoms with Crippen LogP contribution in [-0.4, -0.2) is 45.8 Å². The van der Waals surface area contributed by atoms with E-state index in [4.69, 9.17) is 0 Å². The van der Waals surface area contributed by atoms with Crippen molar-refractivity contribution in [2.75, 3.05) is 25.0 Å². The summed E-state index contributed by atoms with van der Waals surface area (Å²) < 4.78 is 2.01. The van der Waals surface area contributed by atoms with E-state index in [2.05, 4.69) is 25.4 Å². The number of likely N-dealkylation sites (N-methyl/N-ethyl adjacent to an activating group) is 1. The van der Waals surface area contributed by atoms with Gasteiger partial charge in [0, 0.05) is 31.5 Å².